The Bertz CT molecular complexity index is 284. The zero-order valence-corrected chi connectivity index (χ0v) is 11.8. The van der Waals surface area contributed by atoms with Gasteiger partial charge in [-0.1, -0.05) is 34.1 Å². The third-order valence-corrected chi connectivity index (χ3v) is 3.15. The van der Waals surface area contributed by atoms with Gasteiger partial charge in [0.05, 0.1) is 0 Å². The summed E-state index contributed by atoms with van der Waals surface area (Å²) in [5, 5.41) is 11.5. The van der Waals surface area contributed by atoms with Crippen molar-refractivity contribution in [3.05, 3.63) is 0 Å². The summed E-state index contributed by atoms with van der Waals surface area (Å²) in [7, 11) is 0. The summed E-state index contributed by atoms with van der Waals surface area (Å²) in [5.41, 5.74) is 5.81. The largest absolute Gasteiger partial charge is 0.481 e. The van der Waals surface area contributed by atoms with Crippen molar-refractivity contribution in [3.8, 4) is 0 Å². The van der Waals surface area contributed by atoms with Gasteiger partial charge >= 0.3 is 5.97 Å². The maximum absolute atomic E-state index is 11.7. The standard InChI is InChI=1S/C13H26N2O3/c1-5-9(6-12(17)18)8-15-11(16)7-10(14)13(2,3)4/h9-10H,5-8,14H2,1-4H3,(H,15,16)(H,17,18). The molecular weight excluding hydrogens is 232 g/mol. The Balaban J connectivity index is 4.06. The molecule has 0 saturated carbocycles. The highest BCUT2D eigenvalue weighted by atomic mass is 16.4. The number of carbonyl (C=O) groups is 2. The molecule has 0 rings (SSSR count). The molecule has 0 aliphatic rings. The molecule has 18 heavy (non-hydrogen) atoms. The lowest BCUT2D eigenvalue weighted by molar-refractivity contribution is -0.138. The van der Waals surface area contributed by atoms with Crippen LogP contribution in [-0.4, -0.2) is 29.6 Å². The predicted octanol–water partition coefficient (Wildman–Crippen LogP) is 1.37. The fraction of sp³-hybridized carbons (Fsp3) is 0.846. The minimum absolute atomic E-state index is 0.0164. The average Bonchev–Trinajstić information content (AvgIpc) is 2.22. The van der Waals surface area contributed by atoms with E-state index in [0.29, 0.717) is 6.54 Å². The summed E-state index contributed by atoms with van der Waals surface area (Å²) < 4.78 is 0. The summed E-state index contributed by atoms with van der Waals surface area (Å²) in [4.78, 5) is 22.3. The molecule has 4 N–H and O–H groups in total. The van der Waals surface area contributed by atoms with Crippen LogP contribution in [0.2, 0.25) is 0 Å². The smallest absolute Gasteiger partial charge is 0.303 e. The van der Waals surface area contributed by atoms with E-state index in [-0.39, 0.29) is 36.1 Å². The first-order valence-corrected chi connectivity index (χ1v) is 6.40. The summed E-state index contributed by atoms with van der Waals surface area (Å²) in [6.07, 6.45) is 1.09. The lowest BCUT2D eigenvalue weighted by atomic mass is 9.85. The van der Waals surface area contributed by atoms with E-state index < -0.39 is 5.97 Å². The summed E-state index contributed by atoms with van der Waals surface area (Å²) >= 11 is 0. The Hall–Kier alpha value is -1.10. The molecule has 5 nitrogen and oxygen atoms in total. The van der Waals surface area contributed by atoms with Gasteiger partial charge in [0.2, 0.25) is 5.91 Å². The SMILES string of the molecule is CCC(CNC(=O)CC(N)C(C)(C)C)CC(=O)O. The van der Waals surface area contributed by atoms with Gasteiger partial charge in [0.1, 0.15) is 0 Å². The number of carboxylic acid groups (broad SMARTS) is 1. The van der Waals surface area contributed by atoms with E-state index in [0.717, 1.165) is 6.42 Å². The first kappa shape index (κ1) is 16.9. The predicted molar refractivity (Wildman–Crippen MR) is 71.1 cm³/mol. The molecule has 0 aliphatic carbocycles. The molecule has 106 valence electrons. The molecule has 0 aliphatic heterocycles. The van der Waals surface area contributed by atoms with Crippen molar-refractivity contribution in [2.24, 2.45) is 17.1 Å². The molecule has 1 amide bonds. The summed E-state index contributed by atoms with van der Waals surface area (Å²) in [6.45, 7) is 8.29. The van der Waals surface area contributed by atoms with Crippen LogP contribution >= 0.6 is 0 Å². The van der Waals surface area contributed by atoms with Crippen LogP contribution in [-0.2, 0) is 9.59 Å². The molecule has 0 aromatic heterocycles. The van der Waals surface area contributed by atoms with Crippen LogP contribution in [0.15, 0.2) is 0 Å². The monoisotopic (exact) mass is 258 g/mol. The van der Waals surface area contributed by atoms with Gasteiger partial charge in [-0.15, -0.1) is 0 Å². The normalized spacial score (nSPS) is 14.9. The first-order valence-electron chi connectivity index (χ1n) is 6.40. The van der Waals surface area contributed by atoms with Crippen molar-refractivity contribution in [3.63, 3.8) is 0 Å². The quantitative estimate of drug-likeness (QED) is 0.643. The number of hydrogen-bond donors (Lipinski definition) is 3. The molecule has 0 aromatic carbocycles. The van der Waals surface area contributed by atoms with Crippen molar-refractivity contribution in [1.82, 2.24) is 5.32 Å². The Morgan fingerprint density at radius 1 is 1.28 bits per heavy atom. The highest BCUT2D eigenvalue weighted by molar-refractivity contribution is 5.76. The maximum Gasteiger partial charge on any atom is 0.303 e. The van der Waals surface area contributed by atoms with Crippen molar-refractivity contribution in [2.75, 3.05) is 6.54 Å². The number of carboxylic acids is 1. The van der Waals surface area contributed by atoms with Gasteiger partial charge in [0, 0.05) is 25.4 Å². The van der Waals surface area contributed by atoms with Gasteiger partial charge in [-0.2, -0.15) is 0 Å². The lowest BCUT2D eigenvalue weighted by Gasteiger charge is -2.26. The number of rotatable bonds is 7. The molecule has 0 saturated heterocycles. The molecule has 5 heteroatoms. The van der Waals surface area contributed by atoms with Crippen LogP contribution < -0.4 is 11.1 Å². The van der Waals surface area contributed by atoms with Crippen LogP contribution in [0.4, 0.5) is 0 Å². The topological polar surface area (TPSA) is 92.4 Å². The van der Waals surface area contributed by atoms with Crippen LogP contribution in [0, 0.1) is 11.3 Å². The first-order chi connectivity index (χ1) is 8.16. The van der Waals surface area contributed by atoms with Crippen molar-refractivity contribution >= 4 is 11.9 Å². The van der Waals surface area contributed by atoms with E-state index in [1.54, 1.807) is 0 Å². The Morgan fingerprint density at radius 2 is 1.83 bits per heavy atom. The molecule has 0 aromatic rings. The number of nitrogens with one attached hydrogen (secondary N) is 1. The molecule has 0 spiro atoms. The summed E-state index contributed by atoms with van der Waals surface area (Å²) in [5.74, 6) is -0.957. The molecule has 0 radical (unpaired) electrons. The number of hydrogen-bond acceptors (Lipinski definition) is 3. The Labute approximate surface area is 109 Å². The van der Waals surface area contributed by atoms with E-state index in [4.69, 9.17) is 10.8 Å². The van der Waals surface area contributed by atoms with Crippen molar-refractivity contribution in [1.29, 1.82) is 0 Å². The molecule has 0 heterocycles. The number of nitrogens with two attached hydrogens (primary N) is 1. The Kier molecular flexibility index (Phi) is 6.91. The average molecular weight is 258 g/mol. The Morgan fingerprint density at radius 3 is 2.22 bits per heavy atom. The number of aliphatic carboxylic acids is 1. The van der Waals surface area contributed by atoms with Crippen molar-refractivity contribution in [2.45, 2.75) is 53.0 Å². The lowest BCUT2D eigenvalue weighted by Crippen LogP contribution is -2.41. The molecule has 0 bridgehead atoms. The second kappa shape index (κ2) is 7.36. The fourth-order valence-corrected chi connectivity index (χ4v) is 1.44. The van der Waals surface area contributed by atoms with Gasteiger partial charge in [0.25, 0.3) is 0 Å². The van der Waals surface area contributed by atoms with Crippen molar-refractivity contribution < 1.29 is 14.7 Å². The number of carbonyl (C=O) groups excluding carboxylic acids is 1. The fourth-order valence-electron chi connectivity index (χ4n) is 1.44. The van der Waals surface area contributed by atoms with Gasteiger partial charge < -0.3 is 16.2 Å². The molecule has 2 unspecified atom stereocenters. The maximum atomic E-state index is 11.7. The van der Waals surface area contributed by atoms with Crippen LogP contribution in [0.5, 0.6) is 0 Å². The minimum Gasteiger partial charge on any atom is -0.481 e. The molecular formula is C13H26N2O3. The van der Waals surface area contributed by atoms with Gasteiger partial charge in [-0.25, -0.2) is 0 Å². The van der Waals surface area contributed by atoms with Crippen LogP contribution in [0.3, 0.4) is 0 Å². The van der Waals surface area contributed by atoms with Crippen LogP contribution in [0.1, 0.15) is 47.0 Å². The van der Waals surface area contributed by atoms with Crippen LogP contribution in [0.25, 0.3) is 0 Å². The minimum atomic E-state index is -0.831. The zero-order chi connectivity index (χ0) is 14.3. The third kappa shape index (κ3) is 7.27. The highest BCUT2D eigenvalue weighted by Gasteiger charge is 2.23. The van der Waals surface area contributed by atoms with E-state index >= 15 is 0 Å². The second-order valence-electron chi connectivity index (χ2n) is 5.85. The van der Waals surface area contributed by atoms with E-state index in [1.807, 2.05) is 27.7 Å². The third-order valence-electron chi connectivity index (χ3n) is 3.15. The molecule has 0 fully saturated rings. The number of amides is 1. The van der Waals surface area contributed by atoms with Gasteiger partial charge in [-0.05, 0) is 11.3 Å². The van der Waals surface area contributed by atoms with E-state index in [9.17, 15) is 9.59 Å². The zero-order valence-electron chi connectivity index (χ0n) is 11.8. The summed E-state index contributed by atoms with van der Waals surface area (Å²) in [6, 6.07) is -0.197. The van der Waals surface area contributed by atoms with E-state index in [1.165, 1.54) is 0 Å². The van der Waals surface area contributed by atoms with E-state index in [2.05, 4.69) is 5.32 Å². The van der Waals surface area contributed by atoms with Gasteiger partial charge in [0.15, 0.2) is 0 Å². The molecule has 2 atom stereocenters. The second-order valence-corrected chi connectivity index (χ2v) is 5.85. The highest BCUT2D eigenvalue weighted by Crippen LogP contribution is 2.19. The van der Waals surface area contributed by atoms with Gasteiger partial charge in [-0.3, -0.25) is 9.59 Å².